The molecule has 1 aromatic carbocycles. The van der Waals surface area contributed by atoms with Gasteiger partial charge in [0.25, 0.3) is 5.91 Å². The number of hydrogen-bond donors (Lipinski definition) is 2. The van der Waals surface area contributed by atoms with Crippen molar-refractivity contribution >= 4 is 11.9 Å². The van der Waals surface area contributed by atoms with E-state index in [-0.39, 0.29) is 5.91 Å². The van der Waals surface area contributed by atoms with Crippen LogP contribution in [-0.4, -0.2) is 68.0 Å². The van der Waals surface area contributed by atoms with Gasteiger partial charge in [0, 0.05) is 38.8 Å². The highest BCUT2D eigenvalue weighted by Gasteiger charge is 2.20. The van der Waals surface area contributed by atoms with E-state index in [1.165, 1.54) is 25.8 Å². The number of aliphatic imine (C=N–C) groups is 1. The van der Waals surface area contributed by atoms with Gasteiger partial charge in [-0.05, 0) is 50.6 Å². The highest BCUT2D eigenvalue weighted by atomic mass is 16.2. The van der Waals surface area contributed by atoms with Gasteiger partial charge >= 0.3 is 0 Å². The highest BCUT2D eigenvalue weighted by Crippen LogP contribution is 2.15. The molecule has 1 unspecified atom stereocenters. The van der Waals surface area contributed by atoms with E-state index in [4.69, 9.17) is 4.99 Å². The van der Waals surface area contributed by atoms with Crippen LogP contribution in [0.4, 0.5) is 0 Å². The van der Waals surface area contributed by atoms with Gasteiger partial charge in [0.1, 0.15) is 0 Å². The quantitative estimate of drug-likeness (QED) is 0.569. The Morgan fingerprint density at radius 2 is 1.93 bits per heavy atom. The molecular weight excluding hydrogens is 338 g/mol. The van der Waals surface area contributed by atoms with E-state index < -0.39 is 0 Å². The monoisotopic (exact) mass is 373 g/mol. The van der Waals surface area contributed by atoms with E-state index in [0.717, 1.165) is 31.2 Å². The first-order valence-corrected chi connectivity index (χ1v) is 10.1. The Hall–Kier alpha value is -2.08. The summed E-state index contributed by atoms with van der Waals surface area (Å²) in [5.41, 5.74) is 1.80. The topological polar surface area (TPSA) is 60.0 Å². The first-order valence-electron chi connectivity index (χ1n) is 10.1. The minimum absolute atomic E-state index is 0.0213. The van der Waals surface area contributed by atoms with E-state index in [2.05, 4.69) is 29.4 Å². The van der Waals surface area contributed by atoms with Crippen molar-refractivity contribution in [2.45, 2.75) is 45.7 Å². The second kappa shape index (κ2) is 10.9. The Morgan fingerprint density at radius 3 is 2.56 bits per heavy atom. The molecule has 150 valence electrons. The van der Waals surface area contributed by atoms with Crippen molar-refractivity contribution < 1.29 is 4.79 Å². The summed E-state index contributed by atoms with van der Waals surface area (Å²) < 4.78 is 0. The Balaban J connectivity index is 1.93. The number of piperidine rings is 1. The Labute approximate surface area is 164 Å². The summed E-state index contributed by atoms with van der Waals surface area (Å²) in [5, 5.41) is 6.84. The number of hydrogen-bond acceptors (Lipinski definition) is 3. The van der Waals surface area contributed by atoms with Gasteiger partial charge in [-0.25, -0.2) is 4.99 Å². The lowest BCUT2D eigenvalue weighted by molar-refractivity contribution is 0.0827. The Bertz CT molecular complexity index is 612. The lowest BCUT2D eigenvalue weighted by atomic mass is 10.0. The zero-order chi connectivity index (χ0) is 19.6. The Morgan fingerprint density at radius 1 is 1.19 bits per heavy atom. The molecule has 1 atom stereocenters. The van der Waals surface area contributed by atoms with Gasteiger partial charge in [-0.3, -0.25) is 9.69 Å². The third-order valence-corrected chi connectivity index (χ3v) is 5.03. The predicted octanol–water partition coefficient (Wildman–Crippen LogP) is 2.32. The Kier molecular flexibility index (Phi) is 8.58. The van der Waals surface area contributed by atoms with Crippen molar-refractivity contribution in [2.24, 2.45) is 4.99 Å². The fraction of sp³-hybridized carbons (Fsp3) is 0.619. The maximum atomic E-state index is 12.0. The van der Waals surface area contributed by atoms with E-state index >= 15 is 0 Å². The molecule has 1 aliphatic heterocycles. The number of likely N-dealkylation sites (tertiary alicyclic amines) is 1. The van der Waals surface area contributed by atoms with Crippen LogP contribution < -0.4 is 10.6 Å². The van der Waals surface area contributed by atoms with Crippen LogP contribution in [0, 0.1) is 0 Å². The molecule has 6 heteroatoms. The van der Waals surface area contributed by atoms with Crippen LogP contribution in [-0.2, 0) is 6.54 Å². The summed E-state index contributed by atoms with van der Waals surface area (Å²) in [6.45, 7) is 8.99. The SMILES string of the molecule is CCNC(=NCc1ccc(C(=O)N(C)C)cc1)NCC1CCCCN1CC. The van der Waals surface area contributed by atoms with Gasteiger partial charge in [-0.2, -0.15) is 0 Å². The van der Waals surface area contributed by atoms with E-state index in [1.54, 1.807) is 19.0 Å². The van der Waals surface area contributed by atoms with Crippen LogP contribution in [0.1, 0.15) is 49.0 Å². The number of benzene rings is 1. The predicted molar refractivity (Wildman–Crippen MR) is 112 cm³/mol. The minimum Gasteiger partial charge on any atom is -0.357 e. The molecule has 6 nitrogen and oxygen atoms in total. The molecule has 0 radical (unpaired) electrons. The van der Waals surface area contributed by atoms with Crippen LogP contribution in [0.25, 0.3) is 0 Å². The fourth-order valence-electron chi connectivity index (χ4n) is 3.44. The molecular formula is C21H35N5O. The highest BCUT2D eigenvalue weighted by molar-refractivity contribution is 5.93. The molecule has 0 aromatic heterocycles. The number of likely N-dealkylation sites (N-methyl/N-ethyl adjacent to an activating group) is 1. The van der Waals surface area contributed by atoms with Gasteiger partial charge in [-0.1, -0.05) is 25.5 Å². The van der Waals surface area contributed by atoms with Crippen molar-refractivity contribution in [3.8, 4) is 0 Å². The third kappa shape index (κ3) is 6.54. The van der Waals surface area contributed by atoms with Crippen LogP contribution in [0.5, 0.6) is 0 Å². The maximum Gasteiger partial charge on any atom is 0.253 e. The average molecular weight is 374 g/mol. The molecule has 2 rings (SSSR count). The summed E-state index contributed by atoms with van der Waals surface area (Å²) in [6.07, 6.45) is 3.88. The number of nitrogens with zero attached hydrogens (tertiary/aromatic N) is 3. The summed E-state index contributed by atoms with van der Waals surface area (Å²) in [7, 11) is 3.53. The molecule has 1 amide bonds. The normalized spacial score (nSPS) is 18.2. The molecule has 1 aromatic rings. The second-order valence-corrected chi connectivity index (χ2v) is 7.25. The lowest BCUT2D eigenvalue weighted by Crippen LogP contribution is -2.49. The van der Waals surface area contributed by atoms with Crippen molar-refractivity contribution in [3.63, 3.8) is 0 Å². The largest absolute Gasteiger partial charge is 0.357 e. The molecule has 27 heavy (non-hydrogen) atoms. The van der Waals surface area contributed by atoms with Gasteiger partial charge < -0.3 is 15.5 Å². The number of amides is 1. The minimum atomic E-state index is 0.0213. The van der Waals surface area contributed by atoms with Crippen LogP contribution in [0.3, 0.4) is 0 Å². The van der Waals surface area contributed by atoms with Gasteiger partial charge in [0.05, 0.1) is 6.54 Å². The van der Waals surface area contributed by atoms with E-state index in [0.29, 0.717) is 18.2 Å². The van der Waals surface area contributed by atoms with Gasteiger partial charge in [0.2, 0.25) is 0 Å². The van der Waals surface area contributed by atoms with Crippen molar-refractivity contribution in [1.29, 1.82) is 0 Å². The first-order chi connectivity index (χ1) is 13.0. The lowest BCUT2D eigenvalue weighted by Gasteiger charge is -2.35. The van der Waals surface area contributed by atoms with Crippen LogP contribution in [0.15, 0.2) is 29.3 Å². The van der Waals surface area contributed by atoms with Crippen molar-refractivity contribution in [1.82, 2.24) is 20.4 Å². The standard InChI is InChI=1S/C21H35N5O/c1-5-22-21(24-16-19-9-7-8-14-26(19)6-2)23-15-17-10-12-18(13-11-17)20(27)25(3)4/h10-13,19H,5-9,14-16H2,1-4H3,(H2,22,23,24). The molecule has 0 bridgehead atoms. The number of carbonyl (C=O) groups excluding carboxylic acids is 1. The zero-order valence-corrected chi connectivity index (χ0v) is 17.3. The fourth-order valence-corrected chi connectivity index (χ4v) is 3.44. The summed E-state index contributed by atoms with van der Waals surface area (Å²) >= 11 is 0. The van der Waals surface area contributed by atoms with Crippen molar-refractivity contribution in [2.75, 3.05) is 40.3 Å². The van der Waals surface area contributed by atoms with Crippen molar-refractivity contribution in [3.05, 3.63) is 35.4 Å². The third-order valence-electron chi connectivity index (χ3n) is 5.03. The molecule has 0 saturated carbocycles. The number of guanidine groups is 1. The maximum absolute atomic E-state index is 12.0. The first kappa shape index (κ1) is 21.2. The van der Waals surface area contributed by atoms with E-state index in [1.807, 2.05) is 24.3 Å². The molecule has 1 fully saturated rings. The number of nitrogens with one attached hydrogen (secondary N) is 2. The molecule has 1 aliphatic rings. The summed E-state index contributed by atoms with van der Waals surface area (Å²) in [4.78, 5) is 20.8. The van der Waals surface area contributed by atoms with Crippen LogP contribution >= 0.6 is 0 Å². The summed E-state index contributed by atoms with van der Waals surface area (Å²) in [6, 6.07) is 8.28. The van der Waals surface area contributed by atoms with Crippen LogP contribution in [0.2, 0.25) is 0 Å². The zero-order valence-electron chi connectivity index (χ0n) is 17.3. The number of rotatable bonds is 7. The molecule has 2 N–H and O–H groups in total. The summed E-state index contributed by atoms with van der Waals surface area (Å²) in [5.74, 6) is 0.876. The number of carbonyl (C=O) groups is 1. The van der Waals surface area contributed by atoms with Gasteiger partial charge in [0.15, 0.2) is 5.96 Å². The van der Waals surface area contributed by atoms with Gasteiger partial charge in [-0.15, -0.1) is 0 Å². The average Bonchev–Trinajstić information content (AvgIpc) is 2.70. The smallest absolute Gasteiger partial charge is 0.253 e. The second-order valence-electron chi connectivity index (χ2n) is 7.25. The molecule has 0 aliphatic carbocycles. The van der Waals surface area contributed by atoms with E-state index in [9.17, 15) is 4.79 Å². The molecule has 1 heterocycles. The molecule has 0 spiro atoms. The molecule has 1 saturated heterocycles.